The van der Waals surface area contributed by atoms with E-state index >= 15 is 0 Å². The highest BCUT2D eigenvalue weighted by molar-refractivity contribution is 6.22. The van der Waals surface area contributed by atoms with E-state index < -0.39 is 12.0 Å². The number of benzene rings is 2. The first-order valence-corrected chi connectivity index (χ1v) is 8.89. The summed E-state index contributed by atoms with van der Waals surface area (Å²) in [4.78, 5) is 36.4. The van der Waals surface area contributed by atoms with Crippen molar-refractivity contribution in [3.63, 3.8) is 0 Å². The van der Waals surface area contributed by atoms with Gasteiger partial charge >= 0.3 is 5.97 Å². The Balaban J connectivity index is 1.69. The lowest BCUT2D eigenvalue weighted by molar-refractivity contribution is -0.139. The molecule has 138 valence electrons. The van der Waals surface area contributed by atoms with Crippen LogP contribution < -0.4 is 5.32 Å². The van der Waals surface area contributed by atoms with Crippen LogP contribution in [0.1, 0.15) is 29.9 Å². The minimum absolute atomic E-state index is 0.0569. The molecule has 0 amide bonds. The highest BCUT2D eigenvalue weighted by Gasteiger charge is 2.31. The molecule has 1 aliphatic rings. The van der Waals surface area contributed by atoms with E-state index in [1.54, 1.807) is 0 Å². The molecule has 2 aromatic carbocycles. The van der Waals surface area contributed by atoms with Crippen LogP contribution in [-0.2, 0) is 20.8 Å². The zero-order valence-corrected chi connectivity index (χ0v) is 14.8. The number of nitrogens with one attached hydrogen (secondary N) is 1. The minimum Gasteiger partial charge on any atom is -0.480 e. The summed E-state index contributed by atoms with van der Waals surface area (Å²) in [6.45, 7) is 0. The second kappa shape index (κ2) is 8.45. The van der Waals surface area contributed by atoms with Crippen molar-refractivity contribution in [1.82, 2.24) is 5.32 Å². The molecule has 1 atom stereocenters. The van der Waals surface area contributed by atoms with Crippen LogP contribution in [0.3, 0.4) is 0 Å². The van der Waals surface area contributed by atoms with Crippen molar-refractivity contribution in [3.05, 3.63) is 83.6 Å². The van der Waals surface area contributed by atoms with E-state index in [-0.39, 0.29) is 42.3 Å². The van der Waals surface area contributed by atoms with Crippen LogP contribution in [0.25, 0.3) is 0 Å². The topological polar surface area (TPSA) is 83.5 Å². The molecule has 0 saturated heterocycles. The van der Waals surface area contributed by atoms with Gasteiger partial charge in [-0.2, -0.15) is 0 Å². The van der Waals surface area contributed by atoms with Crippen LogP contribution in [0.4, 0.5) is 0 Å². The SMILES string of the molecule is O=C1CC(c2ccccc2)CC(=O)C1=CN[C@@H](Cc1ccccc1)C(=O)O. The predicted molar refractivity (Wildman–Crippen MR) is 101 cm³/mol. The Kier molecular flexibility index (Phi) is 5.81. The second-order valence-electron chi connectivity index (χ2n) is 6.67. The van der Waals surface area contributed by atoms with Gasteiger partial charge in [-0.25, -0.2) is 4.79 Å². The third kappa shape index (κ3) is 4.70. The summed E-state index contributed by atoms with van der Waals surface area (Å²) in [7, 11) is 0. The molecule has 27 heavy (non-hydrogen) atoms. The second-order valence-corrected chi connectivity index (χ2v) is 6.67. The number of aliphatic carboxylic acids is 1. The number of ketones is 2. The summed E-state index contributed by atoms with van der Waals surface area (Å²) in [6.07, 6.45) is 2.04. The maximum Gasteiger partial charge on any atom is 0.326 e. The third-order valence-electron chi connectivity index (χ3n) is 4.74. The summed E-state index contributed by atoms with van der Waals surface area (Å²) in [6, 6.07) is 17.8. The van der Waals surface area contributed by atoms with E-state index in [0.29, 0.717) is 0 Å². The quantitative estimate of drug-likeness (QED) is 0.609. The van der Waals surface area contributed by atoms with Crippen LogP contribution in [-0.4, -0.2) is 28.7 Å². The van der Waals surface area contributed by atoms with Crippen molar-refractivity contribution in [2.24, 2.45) is 0 Å². The number of Topliss-reactive ketones (excluding diaryl/α,β-unsaturated/α-hetero) is 2. The molecule has 0 aromatic heterocycles. The molecule has 0 radical (unpaired) electrons. The molecule has 0 unspecified atom stereocenters. The number of rotatable bonds is 6. The zero-order valence-electron chi connectivity index (χ0n) is 14.8. The fourth-order valence-corrected chi connectivity index (χ4v) is 3.27. The van der Waals surface area contributed by atoms with Crippen LogP contribution in [0.2, 0.25) is 0 Å². The lowest BCUT2D eigenvalue weighted by Crippen LogP contribution is -2.37. The molecule has 2 N–H and O–H groups in total. The van der Waals surface area contributed by atoms with Crippen molar-refractivity contribution < 1.29 is 19.5 Å². The molecule has 0 aliphatic heterocycles. The molecule has 5 heteroatoms. The van der Waals surface area contributed by atoms with Gasteiger partial charge in [-0.1, -0.05) is 60.7 Å². The number of hydrogen-bond acceptors (Lipinski definition) is 4. The largest absolute Gasteiger partial charge is 0.480 e. The van der Waals surface area contributed by atoms with Crippen LogP contribution in [0.5, 0.6) is 0 Å². The highest BCUT2D eigenvalue weighted by atomic mass is 16.4. The van der Waals surface area contributed by atoms with Crippen molar-refractivity contribution in [2.45, 2.75) is 31.2 Å². The average Bonchev–Trinajstić information content (AvgIpc) is 2.67. The molecular formula is C22H21NO4. The number of allylic oxidation sites excluding steroid dienone is 1. The zero-order chi connectivity index (χ0) is 19.2. The molecule has 2 aromatic rings. The van der Waals surface area contributed by atoms with Crippen LogP contribution in [0.15, 0.2) is 72.4 Å². The van der Waals surface area contributed by atoms with Gasteiger partial charge in [0.25, 0.3) is 0 Å². The standard InChI is InChI=1S/C22H21NO4/c24-20-12-17(16-9-5-2-6-10-16)13-21(25)18(20)14-23-19(22(26)27)11-15-7-3-1-4-8-15/h1-10,14,17,19,23H,11-13H2,(H,26,27)/t17?,19-/m0/s1. The smallest absolute Gasteiger partial charge is 0.326 e. The van der Waals surface area contributed by atoms with Gasteiger partial charge in [-0.05, 0) is 17.0 Å². The van der Waals surface area contributed by atoms with Gasteiger partial charge in [0.15, 0.2) is 11.6 Å². The van der Waals surface area contributed by atoms with Crippen molar-refractivity contribution in [1.29, 1.82) is 0 Å². The molecule has 1 aliphatic carbocycles. The third-order valence-corrected chi connectivity index (χ3v) is 4.74. The van der Waals surface area contributed by atoms with Gasteiger partial charge in [-0.3, -0.25) is 9.59 Å². The summed E-state index contributed by atoms with van der Waals surface area (Å²) < 4.78 is 0. The van der Waals surface area contributed by atoms with E-state index in [1.165, 1.54) is 6.20 Å². The van der Waals surface area contributed by atoms with Gasteiger partial charge in [0, 0.05) is 25.5 Å². The molecule has 1 fully saturated rings. The summed E-state index contributed by atoms with van der Waals surface area (Å²) in [5, 5.41) is 12.2. The first-order chi connectivity index (χ1) is 13.0. The van der Waals surface area contributed by atoms with Crippen LogP contribution in [0, 0.1) is 0 Å². The Morgan fingerprint density at radius 2 is 1.56 bits per heavy atom. The fraction of sp³-hybridized carbons (Fsp3) is 0.227. The van der Waals surface area contributed by atoms with Gasteiger partial charge in [0.2, 0.25) is 0 Å². The van der Waals surface area contributed by atoms with Crippen LogP contribution >= 0.6 is 0 Å². The number of carboxylic acid groups (broad SMARTS) is 1. The summed E-state index contributed by atoms with van der Waals surface area (Å²) in [5.74, 6) is -1.66. The first-order valence-electron chi connectivity index (χ1n) is 8.89. The summed E-state index contributed by atoms with van der Waals surface area (Å²) in [5.41, 5.74) is 1.89. The van der Waals surface area contributed by atoms with Crippen molar-refractivity contribution in [3.8, 4) is 0 Å². The van der Waals surface area contributed by atoms with Gasteiger partial charge in [-0.15, -0.1) is 0 Å². The lowest BCUT2D eigenvalue weighted by Gasteiger charge is -2.23. The Bertz CT molecular complexity index is 838. The average molecular weight is 363 g/mol. The highest BCUT2D eigenvalue weighted by Crippen LogP contribution is 2.31. The Labute approximate surface area is 157 Å². The maximum absolute atomic E-state index is 12.5. The molecule has 1 saturated carbocycles. The molecule has 0 heterocycles. The van der Waals surface area contributed by atoms with E-state index in [9.17, 15) is 19.5 Å². The molecule has 3 rings (SSSR count). The normalized spacial score (nSPS) is 18.1. The molecule has 0 bridgehead atoms. The maximum atomic E-state index is 12.5. The number of carbonyl (C=O) groups excluding carboxylic acids is 2. The van der Waals surface area contributed by atoms with Crippen molar-refractivity contribution in [2.75, 3.05) is 0 Å². The number of hydrogen-bond donors (Lipinski definition) is 2. The number of carboxylic acids is 1. The van der Waals surface area contributed by atoms with Gasteiger partial charge in [0.05, 0.1) is 5.57 Å². The number of carbonyl (C=O) groups is 3. The Hall–Kier alpha value is -3.21. The minimum atomic E-state index is -1.03. The van der Waals surface area contributed by atoms with Crippen molar-refractivity contribution >= 4 is 17.5 Å². The van der Waals surface area contributed by atoms with Gasteiger partial charge in [0.1, 0.15) is 6.04 Å². The van der Waals surface area contributed by atoms with E-state index in [0.717, 1.165) is 11.1 Å². The van der Waals surface area contributed by atoms with E-state index in [2.05, 4.69) is 5.32 Å². The fourth-order valence-electron chi connectivity index (χ4n) is 3.27. The monoisotopic (exact) mass is 363 g/mol. The Morgan fingerprint density at radius 3 is 2.11 bits per heavy atom. The Morgan fingerprint density at radius 1 is 1.00 bits per heavy atom. The predicted octanol–water partition coefficient (Wildman–Crippen LogP) is 2.87. The van der Waals surface area contributed by atoms with E-state index in [4.69, 9.17) is 0 Å². The van der Waals surface area contributed by atoms with E-state index in [1.807, 2.05) is 60.7 Å². The summed E-state index contributed by atoms with van der Waals surface area (Å²) >= 11 is 0. The first kappa shape index (κ1) is 18.6. The lowest BCUT2D eigenvalue weighted by atomic mass is 9.80. The molecule has 5 nitrogen and oxygen atoms in total. The van der Waals surface area contributed by atoms with Gasteiger partial charge < -0.3 is 10.4 Å². The molecule has 0 spiro atoms. The molecular weight excluding hydrogens is 342 g/mol.